The Morgan fingerprint density at radius 1 is 0.889 bits per heavy atom. The fourth-order valence-electron chi connectivity index (χ4n) is 2.17. The van der Waals surface area contributed by atoms with Crippen molar-refractivity contribution in [2.75, 3.05) is 19.6 Å². The average molecular weight is 525 g/mol. The fraction of sp³-hybridized carbons (Fsp3) is 0.750. The third kappa shape index (κ3) is 27.2. The molecule has 0 aromatic heterocycles. The van der Waals surface area contributed by atoms with Crippen LogP contribution in [0.15, 0.2) is 4.99 Å². The van der Waals surface area contributed by atoms with Crippen molar-refractivity contribution in [2.24, 2.45) is 39.4 Å². The molecule has 0 amide bonds. The smallest absolute Gasteiger partial charge is 0.320 e. The molecular formula is C20H44N8O8. The summed E-state index contributed by atoms with van der Waals surface area (Å²) in [7, 11) is 0. The number of carboxylic acids is 4. The molecule has 0 aliphatic carbocycles. The summed E-state index contributed by atoms with van der Waals surface area (Å²) in [5.74, 6) is -3.60. The largest absolute Gasteiger partial charge is 0.480 e. The zero-order chi connectivity index (χ0) is 28.7. The highest BCUT2D eigenvalue weighted by atomic mass is 16.4. The summed E-state index contributed by atoms with van der Waals surface area (Å²) in [5.41, 5.74) is 30.6. The van der Waals surface area contributed by atoms with Gasteiger partial charge in [-0.3, -0.25) is 24.2 Å². The Balaban J connectivity index is -0.000000415. The zero-order valence-electron chi connectivity index (χ0n) is 20.7. The first-order chi connectivity index (χ1) is 16.7. The highest BCUT2D eigenvalue weighted by Gasteiger charge is 2.20. The van der Waals surface area contributed by atoms with Crippen molar-refractivity contribution in [1.29, 1.82) is 0 Å². The number of carboxylic acid groups (broad SMARTS) is 4. The normalized spacial score (nSPS) is 16.2. The van der Waals surface area contributed by atoms with Crippen LogP contribution in [0.4, 0.5) is 0 Å². The van der Waals surface area contributed by atoms with E-state index in [-0.39, 0.29) is 12.0 Å². The minimum Gasteiger partial charge on any atom is -0.480 e. The van der Waals surface area contributed by atoms with Crippen LogP contribution in [0, 0.1) is 0 Å². The van der Waals surface area contributed by atoms with E-state index in [1.54, 1.807) is 0 Å². The van der Waals surface area contributed by atoms with Gasteiger partial charge < -0.3 is 60.1 Å². The quantitative estimate of drug-likeness (QED) is 0.0698. The van der Waals surface area contributed by atoms with Crippen LogP contribution in [0.1, 0.15) is 51.9 Å². The number of hydrogen-bond acceptors (Lipinski definition) is 10. The number of nitrogens with zero attached hydrogens (tertiary/aromatic N) is 1. The van der Waals surface area contributed by atoms with Gasteiger partial charge in [0.2, 0.25) is 0 Å². The molecular weight excluding hydrogens is 480 g/mol. The molecule has 0 aromatic rings. The molecule has 0 spiro atoms. The summed E-state index contributed by atoms with van der Waals surface area (Å²) in [6, 6.07) is -2.54. The highest BCUT2D eigenvalue weighted by molar-refractivity contribution is 5.75. The lowest BCUT2D eigenvalue weighted by Crippen LogP contribution is -2.30. The Hall–Kier alpha value is -3.05. The van der Waals surface area contributed by atoms with Crippen LogP contribution < -0.4 is 39.7 Å². The summed E-state index contributed by atoms with van der Waals surface area (Å²) < 4.78 is 0. The molecule has 3 unspecified atom stereocenters. The molecule has 1 aliphatic rings. The van der Waals surface area contributed by atoms with Gasteiger partial charge in [0.1, 0.15) is 24.2 Å². The topological polar surface area (TPSA) is 330 Å². The standard InChI is InChI=1S/C6H14N4O2.C6H14N2O2.C5H9NO2.C3H7NO2/c7-4(5(11)12)2-1-3-10-6(8)9;7-4-2-1-3-5(8)6(9)10;7-5(8)4-2-1-3-6-4;1-2(4)3(5)6/h4H,1-3,7H2,(H,11,12)(H4,8,9,10);5H,1-4,7-8H2,(H,9,10);4,6H,1-3H2,(H,7,8);2H,4H2,1H3,(H,5,6)/t;;4-;/m..0./s1. The number of guanidine groups is 1. The van der Waals surface area contributed by atoms with Gasteiger partial charge in [0, 0.05) is 6.54 Å². The van der Waals surface area contributed by atoms with Crippen LogP contribution in [0.25, 0.3) is 0 Å². The predicted molar refractivity (Wildman–Crippen MR) is 134 cm³/mol. The number of unbranched alkanes of at least 4 members (excludes halogenated alkanes) is 1. The molecule has 1 aliphatic heterocycles. The molecule has 1 heterocycles. The van der Waals surface area contributed by atoms with Gasteiger partial charge in [-0.15, -0.1) is 0 Å². The van der Waals surface area contributed by atoms with Crippen molar-refractivity contribution in [2.45, 2.75) is 76.0 Å². The Labute approximate surface area is 210 Å². The lowest BCUT2D eigenvalue weighted by Gasteiger charge is -2.03. The second-order valence-electron chi connectivity index (χ2n) is 7.74. The van der Waals surface area contributed by atoms with Crippen LogP contribution in [0.5, 0.6) is 0 Å². The summed E-state index contributed by atoms with van der Waals surface area (Å²) in [4.78, 5) is 43.7. The molecule has 0 aromatic carbocycles. The first kappa shape index (κ1) is 37.5. The average Bonchev–Trinajstić information content (AvgIpc) is 3.33. The number of carbonyl (C=O) groups is 4. The van der Waals surface area contributed by atoms with Crippen LogP contribution >= 0.6 is 0 Å². The lowest BCUT2D eigenvalue weighted by molar-refractivity contribution is -0.139. The molecule has 1 saturated heterocycles. The number of aliphatic carboxylic acids is 4. The van der Waals surface area contributed by atoms with E-state index in [1.807, 2.05) is 0 Å². The minimum absolute atomic E-state index is 0.0129. The van der Waals surface area contributed by atoms with E-state index in [1.165, 1.54) is 6.92 Å². The van der Waals surface area contributed by atoms with Crippen molar-refractivity contribution in [3.05, 3.63) is 0 Å². The maximum Gasteiger partial charge on any atom is 0.320 e. The number of aliphatic imine (C=N–C) groups is 1. The summed E-state index contributed by atoms with van der Waals surface area (Å²) in [6.07, 6.45) is 4.90. The SMILES string of the molecule is CC(N)C(=O)O.NC(N)=NCCCC(N)C(=O)O.NCCCCC(N)C(=O)O.O=C(O)[C@@H]1CCCN1. The second kappa shape index (κ2) is 23.7. The van der Waals surface area contributed by atoms with E-state index < -0.39 is 42.0 Å². The molecule has 1 rings (SSSR count). The molecule has 0 radical (unpaired) electrons. The lowest BCUT2D eigenvalue weighted by atomic mass is 10.1. The van der Waals surface area contributed by atoms with Crippen molar-refractivity contribution in [1.82, 2.24) is 5.32 Å². The third-order valence-electron chi connectivity index (χ3n) is 4.32. The van der Waals surface area contributed by atoms with Gasteiger partial charge in [0.15, 0.2) is 5.96 Å². The van der Waals surface area contributed by atoms with E-state index in [0.717, 1.165) is 32.2 Å². The van der Waals surface area contributed by atoms with Crippen LogP contribution in [0.3, 0.4) is 0 Å². The van der Waals surface area contributed by atoms with Gasteiger partial charge in [-0.1, -0.05) is 6.42 Å². The van der Waals surface area contributed by atoms with Gasteiger partial charge >= 0.3 is 23.9 Å². The summed E-state index contributed by atoms with van der Waals surface area (Å²) in [5, 5.41) is 35.8. The molecule has 36 heavy (non-hydrogen) atoms. The highest BCUT2D eigenvalue weighted by Crippen LogP contribution is 2.03. The Kier molecular flexibility index (Phi) is 24.7. The maximum atomic E-state index is 10.2. The molecule has 4 atom stereocenters. The monoisotopic (exact) mass is 524 g/mol. The number of nitrogens with one attached hydrogen (secondary N) is 1. The second-order valence-corrected chi connectivity index (χ2v) is 7.74. The van der Waals surface area contributed by atoms with Gasteiger partial charge in [-0.25, -0.2) is 0 Å². The van der Waals surface area contributed by atoms with E-state index in [9.17, 15) is 19.2 Å². The third-order valence-corrected chi connectivity index (χ3v) is 4.32. The predicted octanol–water partition coefficient (Wildman–Crippen LogP) is -2.78. The zero-order valence-corrected chi connectivity index (χ0v) is 20.7. The summed E-state index contributed by atoms with van der Waals surface area (Å²) in [6.45, 7) is 3.30. The van der Waals surface area contributed by atoms with E-state index in [4.69, 9.17) is 54.8 Å². The summed E-state index contributed by atoms with van der Waals surface area (Å²) >= 11 is 0. The number of hydrogen-bond donors (Lipinski definition) is 11. The Morgan fingerprint density at radius 2 is 1.36 bits per heavy atom. The van der Waals surface area contributed by atoms with Crippen LogP contribution in [0.2, 0.25) is 0 Å². The molecule has 0 bridgehead atoms. The molecule has 1 fully saturated rings. The molecule has 212 valence electrons. The minimum atomic E-state index is -1.00. The molecule has 16 nitrogen and oxygen atoms in total. The van der Waals surface area contributed by atoms with Gasteiger partial charge in [-0.05, 0) is 58.5 Å². The van der Waals surface area contributed by atoms with Crippen molar-refractivity contribution >= 4 is 29.8 Å². The van der Waals surface area contributed by atoms with E-state index >= 15 is 0 Å². The van der Waals surface area contributed by atoms with E-state index in [2.05, 4.69) is 10.3 Å². The molecule has 17 N–H and O–H groups in total. The van der Waals surface area contributed by atoms with Crippen molar-refractivity contribution < 1.29 is 39.6 Å². The first-order valence-corrected chi connectivity index (χ1v) is 11.3. The molecule has 0 saturated carbocycles. The Morgan fingerprint density at radius 3 is 1.64 bits per heavy atom. The van der Waals surface area contributed by atoms with Gasteiger partial charge in [-0.2, -0.15) is 0 Å². The fourth-order valence-corrected chi connectivity index (χ4v) is 2.17. The Bertz CT molecular complexity index is 654. The molecule has 16 heteroatoms. The van der Waals surface area contributed by atoms with Crippen molar-refractivity contribution in [3.8, 4) is 0 Å². The van der Waals surface area contributed by atoms with Gasteiger partial charge in [0.25, 0.3) is 0 Å². The van der Waals surface area contributed by atoms with Crippen LogP contribution in [-0.4, -0.2) is 94.1 Å². The van der Waals surface area contributed by atoms with Crippen LogP contribution in [-0.2, 0) is 19.2 Å². The maximum absolute atomic E-state index is 10.2. The van der Waals surface area contributed by atoms with Gasteiger partial charge in [0.05, 0.1) is 0 Å². The van der Waals surface area contributed by atoms with Crippen molar-refractivity contribution in [3.63, 3.8) is 0 Å². The van der Waals surface area contributed by atoms with E-state index in [0.29, 0.717) is 32.4 Å². The first-order valence-electron chi connectivity index (χ1n) is 11.3. The number of nitrogens with two attached hydrogens (primary N) is 6. The number of rotatable bonds is 12.